The molecule has 3 rings (SSSR count). The lowest BCUT2D eigenvalue weighted by Crippen LogP contribution is -2.45. The van der Waals surface area contributed by atoms with Crippen molar-refractivity contribution in [1.82, 2.24) is 9.21 Å². The van der Waals surface area contributed by atoms with Gasteiger partial charge >= 0.3 is 0 Å². The molecule has 8 heteroatoms. The molecule has 1 fully saturated rings. The molecule has 0 radical (unpaired) electrons. The predicted octanol–water partition coefficient (Wildman–Crippen LogP) is 4.44. The van der Waals surface area contributed by atoms with Gasteiger partial charge in [0.05, 0.1) is 11.4 Å². The largest absolute Gasteiger partial charge is 0.342 e. The molecule has 0 unspecified atom stereocenters. The molecular weight excluding hydrogens is 431 g/mol. The van der Waals surface area contributed by atoms with Gasteiger partial charge in [-0.1, -0.05) is 54.4 Å². The Kier molecular flexibility index (Phi) is 7.22. The molecule has 0 N–H and O–H groups in total. The Hall–Kier alpha value is -1.60. The van der Waals surface area contributed by atoms with Crippen LogP contribution in [-0.2, 0) is 21.4 Å². The summed E-state index contributed by atoms with van der Waals surface area (Å²) < 4.78 is 27.7. The maximum Gasteiger partial charge on any atom is 0.243 e. The number of piperidine rings is 1. The van der Waals surface area contributed by atoms with Crippen molar-refractivity contribution < 1.29 is 13.2 Å². The number of rotatable bonds is 6. The Balaban J connectivity index is 1.88. The molecule has 2 aromatic carbocycles. The lowest BCUT2D eigenvalue weighted by atomic mass is 9.99. The number of benzene rings is 2. The Morgan fingerprint density at radius 2 is 1.76 bits per heavy atom. The van der Waals surface area contributed by atoms with Gasteiger partial charge in [0.15, 0.2) is 0 Å². The molecule has 1 saturated heterocycles. The van der Waals surface area contributed by atoms with Crippen LogP contribution in [0.4, 0.5) is 0 Å². The fourth-order valence-corrected chi connectivity index (χ4v) is 5.17. The van der Waals surface area contributed by atoms with Crippen molar-refractivity contribution in [1.29, 1.82) is 0 Å². The number of hydrogen-bond acceptors (Lipinski definition) is 3. The van der Waals surface area contributed by atoms with Gasteiger partial charge in [-0.05, 0) is 48.6 Å². The van der Waals surface area contributed by atoms with E-state index < -0.39 is 10.0 Å². The van der Waals surface area contributed by atoms with Crippen LogP contribution in [0.1, 0.15) is 25.3 Å². The zero-order valence-electron chi connectivity index (χ0n) is 16.2. The van der Waals surface area contributed by atoms with Gasteiger partial charge in [0, 0.05) is 29.7 Å². The minimum Gasteiger partial charge on any atom is -0.342 e. The van der Waals surface area contributed by atoms with Crippen LogP contribution in [0.15, 0.2) is 53.4 Å². The van der Waals surface area contributed by atoms with Crippen LogP contribution in [0, 0.1) is 5.92 Å². The SMILES string of the molecule is CC1CCN(C(=O)CN(Cc2ccc(Cl)cc2Cl)S(=O)(=O)c2ccccc2)CC1. The van der Waals surface area contributed by atoms with E-state index in [0.717, 1.165) is 12.8 Å². The van der Waals surface area contributed by atoms with E-state index in [1.807, 2.05) is 0 Å². The molecule has 5 nitrogen and oxygen atoms in total. The normalized spacial score (nSPS) is 15.7. The third kappa shape index (κ3) is 5.51. The number of hydrogen-bond donors (Lipinski definition) is 0. The Morgan fingerprint density at radius 3 is 2.38 bits per heavy atom. The molecule has 1 heterocycles. The maximum absolute atomic E-state index is 13.3. The minimum absolute atomic E-state index is 0.0107. The summed E-state index contributed by atoms with van der Waals surface area (Å²) in [5, 5.41) is 0.833. The number of carbonyl (C=O) groups is 1. The average Bonchev–Trinajstić information content (AvgIpc) is 2.70. The fourth-order valence-electron chi connectivity index (χ4n) is 3.32. The third-order valence-corrected chi connectivity index (χ3v) is 7.58. The van der Waals surface area contributed by atoms with Gasteiger partial charge in [-0.25, -0.2) is 8.42 Å². The highest BCUT2D eigenvalue weighted by Gasteiger charge is 2.30. The average molecular weight is 455 g/mol. The van der Waals surface area contributed by atoms with Gasteiger partial charge in [0.1, 0.15) is 0 Å². The number of carbonyl (C=O) groups excluding carboxylic acids is 1. The van der Waals surface area contributed by atoms with E-state index in [1.54, 1.807) is 41.3 Å². The predicted molar refractivity (Wildman–Crippen MR) is 115 cm³/mol. The van der Waals surface area contributed by atoms with Crippen molar-refractivity contribution in [3.63, 3.8) is 0 Å². The first kappa shape index (κ1) is 22.1. The van der Waals surface area contributed by atoms with Crippen molar-refractivity contribution in [2.45, 2.75) is 31.2 Å². The second kappa shape index (κ2) is 9.47. The summed E-state index contributed by atoms with van der Waals surface area (Å²) in [4.78, 5) is 14.8. The lowest BCUT2D eigenvalue weighted by Gasteiger charge is -2.32. The summed E-state index contributed by atoms with van der Waals surface area (Å²) in [5.74, 6) is 0.387. The van der Waals surface area contributed by atoms with Gasteiger partial charge in [-0.2, -0.15) is 4.31 Å². The van der Waals surface area contributed by atoms with Crippen LogP contribution >= 0.6 is 23.2 Å². The van der Waals surface area contributed by atoms with Crippen LogP contribution in [0.3, 0.4) is 0 Å². The quantitative estimate of drug-likeness (QED) is 0.647. The van der Waals surface area contributed by atoms with Gasteiger partial charge in [-0.15, -0.1) is 0 Å². The first-order chi connectivity index (χ1) is 13.8. The third-order valence-electron chi connectivity index (χ3n) is 5.19. The molecule has 2 aromatic rings. The van der Waals surface area contributed by atoms with Crippen LogP contribution in [0.5, 0.6) is 0 Å². The number of nitrogens with zero attached hydrogens (tertiary/aromatic N) is 2. The van der Waals surface area contributed by atoms with Crippen molar-refractivity contribution >= 4 is 39.1 Å². The highest BCUT2D eigenvalue weighted by atomic mass is 35.5. The maximum atomic E-state index is 13.3. The molecule has 156 valence electrons. The molecule has 0 atom stereocenters. The van der Waals surface area contributed by atoms with Crippen LogP contribution < -0.4 is 0 Å². The molecule has 0 bridgehead atoms. The van der Waals surface area contributed by atoms with Crippen molar-refractivity contribution in [3.05, 3.63) is 64.1 Å². The first-order valence-electron chi connectivity index (χ1n) is 9.54. The summed E-state index contributed by atoms with van der Waals surface area (Å²) in [7, 11) is -3.88. The summed E-state index contributed by atoms with van der Waals surface area (Å²) in [6, 6.07) is 13.0. The van der Waals surface area contributed by atoms with Gasteiger partial charge in [0.25, 0.3) is 0 Å². The fraction of sp³-hybridized carbons (Fsp3) is 0.381. The molecule has 1 aliphatic rings. The van der Waals surface area contributed by atoms with Gasteiger partial charge in [-0.3, -0.25) is 4.79 Å². The smallest absolute Gasteiger partial charge is 0.243 e. The molecule has 0 aromatic heterocycles. The second-order valence-electron chi connectivity index (χ2n) is 7.39. The van der Waals surface area contributed by atoms with Gasteiger partial charge in [0.2, 0.25) is 15.9 Å². The van der Waals surface area contributed by atoms with E-state index in [1.165, 1.54) is 16.4 Å². The zero-order valence-corrected chi connectivity index (χ0v) is 18.6. The number of halogens is 2. The Bertz CT molecular complexity index is 959. The van der Waals surface area contributed by atoms with E-state index >= 15 is 0 Å². The first-order valence-corrected chi connectivity index (χ1v) is 11.7. The van der Waals surface area contributed by atoms with Crippen molar-refractivity contribution in [2.24, 2.45) is 5.92 Å². The molecule has 0 saturated carbocycles. The Labute approximate surface area is 182 Å². The zero-order chi connectivity index (χ0) is 21.0. The monoisotopic (exact) mass is 454 g/mol. The van der Waals surface area contributed by atoms with E-state index in [-0.39, 0.29) is 23.9 Å². The van der Waals surface area contributed by atoms with E-state index in [0.29, 0.717) is 34.6 Å². The lowest BCUT2D eigenvalue weighted by molar-refractivity contribution is -0.132. The summed E-state index contributed by atoms with van der Waals surface area (Å²) in [6.07, 6.45) is 1.86. The molecule has 0 spiro atoms. The molecular formula is C21H24Cl2N2O3S. The van der Waals surface area contributed by atoms with Gasteiger partial charge < -0.3 is 4.90 Å². The number of likely N-dealkylation sites (tertiary alicyclic amines) is 1. The number of sulfonamides is 1. The summed E-state index contributed by atoms with van der Waals surface area (Å²) in [6.45, 7) is 3.23. The van der Waals surface area contributed by atoms with Crippen LogP contribution in [0.25, 0.3) is 0 Å². The van der Waals surface area contributed by atoms with Crippen molar-refractivity contribution in [3.8, 4) is 0 Å². The van der Waals surface area contributed by atoms with E-state index in [4.69, 9.17) is 23.2 Å². The summed E-state index contributed by atoms with van der Waals surface area (Å²) >= 11 is 12.2. The molecule has 29 heavy (non-hydrogen) atoms. The Morgan fingerprint density at radius 1 is 1.10 bits per heavy atom. The molecule has 0 aliphatic carbocycles. The highest BCUT2D eigenvalue weighted by molar-refractivity contribution is 7.89. The standard InChI is InChI=1S/C21H24Cl2N2O3S/c1-16-9-11-24(12-10-16)21(26)15-25(14-17-7-8-18(22)13-20(17)23)29(27,28)19-5-3-2-4-6-19/h2-8,13,16H,9-12,14-15H2,1H3. The summed E-state index contributed by atoms with van der Waals surface area (Å²) in [5.41, 5.74) is 0.593. The van der Waals surface area contributed by atoms with Crippen LogP contribution in [-0.4, -0.2) is 43.2 Å². The highest BCUT2D eigenvalue weighted by Crippen LogP contribution is 2.25. The van der Waals surface area contributed by atoms with E-state index in [9.17, 15) is 13.2 Å². The number of amides is 1. The van der Waals surface area contributed by atoms with Crippen molar-refractivity contribution in [2.75, 3.05) is 19.6 Å². The second-order valence-corrected chi connectivity index (χ2v) is 10.2. The minimum atomic E-state index is -3.88. The van der Waals surface area contributed by atoms with Crippen LogP contribution in [0.2, 0.25) is 10.0 Å². The molecule has 1 amide bonds. The van der Waals surface area contributed by atoms with E-state index in [2.05, 4.69) is 6.92 Å². The topological polar surface area (TPSA) is 57.7 Å². The molecule has 1 aliphatic heterocycles.